The minimum Gasteiger partial charge on any atom is -0.306 e. The van der Waals surface area contributed by atoms with E-state index in [0.29, 0.717) is 13.1 Å². The summed E-state index contributed by atoms with van der Waals surface area (Å²) in [6.07, 6.45) is 0. The van der Waals surface area contributed by atoms with E-state index >= 15 is 0 Å². The quantitative estimate of drug-likeness (QED) is 0.499. The van der Waals surface area contributed by atoms with Crippen LogP contribution in [-0.2, 0) is 6.54 Å². The van der Waals surface area contributed by atoms with Crippen LogP contribution in [0.4, 0.5) is 0 Å². The first-order valence-electron chi connectivity index (χ1n) is 4.58. The van der Waals surface area contributed by atoms with Crippen molar-refractivity contribution in [2.45, 2.75) is 6.54 Å². The van der Waals surface area contributed by atoms with Gasteiger partial charge in [-0.3, -0.25) is 0 Å². The van der Waals surface area contributed by atoms with Crippen LogP contribution in [0.5, 0.6) is 0 Å². The third kappa shape index (κ3) is 2.06. The Morgan fingerprint density at radius 3 is 2.93 bits per heavy atom. The predicted octanol–water partition coefficient (Wildman–Crippen LogP) is 0.469. The van der Waals surface area contributed by atoms with Gasteiger partial charge in [-0.25, -0.2) is 4.79 Å². The van der Waals surface area contributed by atoms with Crippen LogP contribution in [0.3, 0.4) is 0 Å². The SMILES string of the molecule is N#CCNCc1ccc2[nH]c(=O)[nH]c2c1. The number of hydrogen-bond donors (Lipinski definition) is 3. The molecule has 1 aromatic carbocycles. The minimum atomic E-state index is -0.202. The number of nitrogens with zero attached hydrogens (tertiary/aromatic N) is 1. The van der Waals surface area contributed by atoms with E-state index in [9.17, 15) is 4.79 Å². The van der Waals surface area contributed by atoms with Crippen molar-refractivity contribution in [1.29, 1.82) is 5.26 Å². The fourth-order valence-corrected chi connectivity index (χ4v) is 1.45. The molecule has 1 aromatic heterocycles. The summed E-state index contributed by atoms with van der Waals surface area (Å²) in [6, 6.07) is 7.65. The summed E-state index contributed by atoms with van der Waals surface area (Å²) in [5, 5.41) is 11.3. The number of nitrogens with one attached hydrogen (secondary N) is 3. The third-order valence-corrected chi connectivity index (χ3v) is 2.11. The Morgan fingerprint density at radius 2 is 2.13 bits per heavy atom. The molecule has 3 N–H and O–H groups in total. The number of fused-ring (bicyclic) bond motifs is 1. The number of aromatic nitrogens is 2. The molecular weight excluding hydrogens is 192 g/mol. The van der Waals surface area contributed by atoms with Gasteiger partial charge < -0.3 is 15.3 Å². The molecule has 0 atom stereocenters. The summed E-state index contributed by atoms with van der Waals surface area (Å²) in [5.41, 5.74) is 2.42. The molecule has 0 aliphatic carbocycles. The fourth-order valence-electron chi connectivity index (χ4n) is 1.45. The monoisotopic (exact) mass is 202 g/mol. The van der Waals surface area contributed by atoms with Crippen molar-refractivity contribution in [3.05, 3.63) is 34.2 Å². The zero-order valence-corrected chi connectivity index (χ0v) is 8.00. The smallest absolute Gasteiger partial charge is 0.306 e. The average molecular weight is 202 g/mol. The predicted molar refractivity (Wildman–Crippen MR) is 56.2 cm³/mol. The Labute approximate surface area is 85.7 Å². The number of aromatic amines is 2. The molecular formula is C10H10N4O. The normalized spacial score (nSPS) is 10.3. The molecule has 76 valence electrons. The molecule has 0 radical (unpaired) electrons. The van der Waals surface area contributed by atoms with Crippen LogP contribution in [0.15, 0.2) is 23.0 Å². The van der Waals surface area contributed by atoms with E-state index in [1.165, 1.54) is 0 Å². The van der Waals surface area contributed by atoms with Gasteiger partial charge in [-0.2, -0.15) is 5.26 Å². The van der Waals surface area contributed by atoms with Crippen molar-refractivity contribution in [1.82, 2.24) is 15.3 Å². The van der Waals surface area contributed by atoms with E-state index in [2.05, 4.69) is 15.3 Å². The standard InChI is InChI=1S/C10H10N4O/c11-3-4-12-6-7-1-2-8-9(5-7)14-10(15)13-8/h1-2,5,12H,4,6H2,(H2,13,14,15). The van der Waals surface area contributed by atoms with Gasteiger partial charge in [0, 0.05) is 6.54 Å². The first kappa shape index (κ1) is 9.49. The number of nitriles is 1. The Bertz CT molecular complexity index is 561. The average Bonchev–Trinajstić information content (AvgIpc) is 2.57. The number of H-pyrrole nitrogens is 2. The van der Waals surface area contributed by atoms with Gasteiger partial charge in [0.25, 0.3) is 0 Å². The van der Waals surface area contributed by atoms with Crippen LogP contribution >= 0.6 is 0 Å². The zero-order chi connectivity index (χ0) is 10.7. The molecule has 0 amide bonds. The van der Waals surface area contributed by atoms with Gasteiger partial charge in [-0.05, 0) is 17.7 Å². The molecule has 2 aromatic rings. The highest BCUT2D eigenvalue weighted by Crippen LogP contribution is 2.09. The molecule has 0 aliphatic rings. The van der Waals surface area contributed by atoms with Gasteiger partial charge >= 0.3 is 5.69 Å². The van der Waals surface area contributed by atoms with Crippen LogP contribution in [-0.4, -0.2) is 16.5 Å². The summed E-state index contributed by atoms with van der Waals surface area (Å²) < 4.78 is 0. The molecule has 5 heteroatoms. The molecule has 0 spiro atoms. The van der Waals surface area contributed by atoms with Crippen molar-refractivity contribution in [2.75, 3.05) is 6.54 Å². The maximum atomic E-state index is 11.0. The highest BCUT2D eigenvalue weighted by molar-refractivity contribution is 5.74. The lowest BCUT2D eigenvalue weighted by Gasteiger charge is -2.00. The van der Waals surface area contributed by atoms with Crippen molar-refractivity contribution < 1.29 is 0 Å². The van der Waals surface area contributed by atoms with Crippen molar-refractivity contribution >= 4 is 11.0 Å². The van der Waals surface area contributed by atoms with E-state index in [0.717, 1.165) is 16.6 Å². The Morgan fingerprint density at radius 1 is 1.33 bits per heavy atom. The summed E-state index contributed by atoms with van der Waals surface area (Å²) >= 11 is 0. The fraction of sp³-hybridized carbons (Fsp3) is 0.200. The first-order chi connectivity index (χ1) is 7.29. The van der Waals surface area contributed by atoms with Crippen LogP contribution in [0, 0.1) is 11.3 Å². The van der Waals surface area contributed by atoms with Gasteiger partial charge in [0.05, 0.1) is 23.6 Å². The second kappa shape index (κ2) is 3.98. The molecule has 0 saturated heterocycles. The van der Waals surface area contributed by atoms with E-state index in [1.54, 1.807) is 0 Å². The van der Waals surface area contributed by atoms with Gasteiger partial charge in [0.2, 0.25) is 0 Å². The Balaban J connectivity index is 2.23. The lowest BCUT2D eigenvalue weighted by molar-refractivity contribution is 0.766. The highest BCUT2D eigenvalue weighted by atomic mass is 16.1. The molecule has 0 bridgehead atoms. The molecule has 2 rings (SSSR count). The number of hydrogen-bond acceptors (Lipinski definition) is 3. The summed E-state index contributed by atoms with van der Waals surface area (Å²) in [5.74, 6) is 0. The van der Waals surface area contributed by atoms with Crippen LogP contribution in [0.1, 0.15) is 5.56 Å². The maximum Gasteiger partial charge on any atom is 0.323 e. The van der Waals surface area contributed by atoms with Crippen LogP contribution in [0.2, 0.25) is 0 Å². The van der Waals surface area contributed by atoms with Crippen LogP contribution in [0.25, 0.3) is 11.0 Å². The number of benzene rings is 1. The van der Waals surface area contributed by atoms with Crippen molar-refractivity contribution in [3.63, 3.8) is 0 Å². The molecule has 0 unspecified atom stereocenters. The Hall–Kier alpha value is -2.06. The zero-order valence-electron chi connectivity index (χ0n) is 8.00. The number of rotatable bonds is 3. The van der Waals surface area contributed by atoms with E-state index in [-0.39, 0.29) is 5.69 Å². The molecule has 0 fully saturated rings. The molecule has 15 heavy (non-hydrogen) atoms. The van der Waals surface area contributed by atoms with Crippen molar-refractivity contribution in [2.24, 2.45) is 0 Å². The second-order valence-corrected chi connectivity index (χ2v) is 3.22. The highest BCUT2D eigenvalue weighted by Gasteiger charge is 1.99. The first-order valence-corrected chi connectivity index (χ1v) is 4.58. The second-order valence-electron chi connectivity index (χ2n) is 3.22. The largest absolute Gasteiger partial charge is 0.323 e. The van der Waals surface area contributed by atoms with Crippen molar-refractivity contribution in [3.8, 4) is 6.07 Å². The summed E-state index contributed by atoms with van der Waals surface area (Å²) in [7, 11) is 0. The Kier molecular flexibility index (Phi) is 2.52. The van der Waals surface area contributed by atoms with Gasteiger partial charge in [-0.15, -0.1) is 0 Å². The minimum absolute atomic E-state index is 0.202. The maximum absolute atomic E-state index is 11.0. The number of imidazole rings is 1. The lowest BCUT2D eigenvalue weighted by Crippen LogP contribution is -2.12. The van der Waals surface area contributed by atoms with Gasteiger partial charge in [0.1, 0.15) is 0 Å². The molecule has 1 heterocycles. The van der Waals surface area contributed by atoms with E-state index < -0.39 is 0 Å². The van der Waals surface area contributed by atoms with Gasteiger partial charge in [0.15, 0.2) is 0 Å². The molecule has 0 aliphatic heterocycles. The van der Waals surface area contributed by atoms with Gasteiger partial charge in [-0.1, -0.05) is 6.07 Å². The summed E-state index contributed by atoms with van der Waals surface area (Å²) in [6.45, 7) is 0.943. The van der Waals surface area contributed by atoms with E-state index in [4.69, 9.17) is 5.26 Å². The lowest BCUT2D eigenvalue weighted by atomic mass is 10.2. The topological polar surface area (TPSA) is 84.5 Å². The summed E-state index contributed by atoms with van der Waals surface area (Å²) in [4.78, 5) is 16.3. The molecule has 5 nitrogen and oxygen atoms in total. The molecule has 0 saturated carbocycles. The van der Waals surface area contributed by atoms with Crippen LogP contribution < -0.4 is 11.0 Å². The third-order valence-electron chi connectivity index (χ3n) is 2.11. The van der Waals surface area contributed by atoms with E-state index in [1.807, 2.05) is 24.3 Å².